The monoisotopic (exact) mass is 212 g/mol. The summed E-state index contributed by atoms with van der Waals surface area (Å²) in [5.74, 6) is 0. The molecule has 0 radical (unpaired) electrons. The van der Waals surface area contributed by atoms with Gasteiger partial charge >= 0.3 is 0 Å². The molecule has 0 aliphatic rings. The van der Waals surface area contributed by atoms with Crippen LogP contribution in [0.15, 0.2) is 11.8 Å². The lowest BCUT2D eigenvalue weighted by molar-refractivity contribution is 0.236. The average Bonchev–Trinajstić information content (AvgIpc) is 2.27. The number of unbranched alkanes of at least 4 members (excludes halogenated alkanes) is 4. The second-order valence-corrected chi connectivity index (χ2v) is 4.16. The molecule has 0 bridgehead atoms. The van der Waals surface area contributed by atoms with Gasteiger partial charge in [0.05, 0.1) is 12.9 Å². The number of rotatable bonds is 10. The van der Waals surface area contributed by atoms with Crippen LogP contribution in [0, 0.1) is 0 Å². The zero-order chi connectivity index (χ0) is 11.4. The molecule has 0 saturated carbocycles. The van der Waals surface area contributed by atoms with Gasteiger partial charge in [-0.05, 0) is 31.3 Å². The molecule has 1 heteroatoms. The van der Waals surface area contributed by atoms with Crippen LogP contribution >= 0.6 is 0 Å². The molecule has 1 nitrogen and oxygen atoms in total. The predicted octanol–water partition coefficient (Wildman–Crippen LogP) is 5.07. The highest BCUT2D eigenvalue weighted by atomic mass is 16.5. The van der Waals surface area contributed by atoms with E-state index in [0.717, 1.165) is 13.0 Å². The average molecular weight is 212 g/mol. The third kappa shape index (κ3) is 9.84. The van der Waals surface area contributed by atoms with Gasteiger partial charge in [0.25, 0.3) is 0 Å². The third-order valence-corrected chi connectivity index (χ3v) is 2.67. The fourth-order valence-electron chi connectivity index (χ4n) is 1.51. The Morgan fingerprint density at radius 2 is 1.67 bits per heavy atom. The van der Waals surface area contributed by atoms with Crippen molar-refractivity contribution in [2.24, 2.45) is 0 Å². The highest BCUT2D eigenvalue weighted by Gasteiger charge is 1.94. The molecule has 0 N–H and O–H groups in total. The first-order valence-corrected chi connectivity index (χ1v) is 6.64. The van der Waals surface area contributed by atoms with Crippen molar-refractivity contribution in [3.05, 3.63) is 11.8 Å². The van der Waals surface area contributed by atoms with Crippen LogP contribution in [0.3, 0.4) is 0 Å². The summed E-state index contributed by atoms with van der Waals surface area (Å²) >= 11 is 0. The molecule has 0 aliphatic heterocycles. The van der Waals surface area contributed by atoms with Crippen LogP contribution < -0.4 is 0 Å². The van der Waals surface area contributed by atoms with Crippen molar-refractivity contribution in [1.29, 1.82) is 0 Å². The van der Waals surface area contributed by atoms with Crippen molar-refractivity contribution in [1.82, 2.24) is 0 Å². The molecule has 0 amide bonds. The van der Waals surface area contributed by atoms with Crippen LogP contribution in [0.5, 0.6) is 0 Å². The summed E-state index contributed by atoms with van der Waals surface area (Å²) in [6.45, 7) is 7.58. The maximum absolute atomic E-state index is 5.57. The summed E-state index contributed by atoms with van der Waals surface area (Å²) in [6.07, 6.45) is 12.1. The predicted molar refractivity (Wildman–Crippen MR) is 68.0 cm³/mol. The second-order valence-electron chi connectivity index (χ2n) is 4.16. The summed E-state index contributed by atoms with van der Waals surface area (Å²) in [5.41, 5.74) is 1.47. The molecule has 0 aromatic carbocycles. The van der Waals surface area contributed by atoms with Gasteiger partial charge in [0.1, 0.15) is 0 Å². The van der Waals surface area contributed by atoms with Gasteiger partial charge in [-0.15, -0.1) is 0 Å². The minimum Gasteiger partial charge on any atom is -0.501 e. The van der Waals surface area contributed by atoms with E-state index < -0.39 is 0 Å². The first kappa shape index (κ1) is 14.5. The van der Waals surface area contributed by atoms with Crippen LogP contribution in [0.2, 0.25) is 0 Å². The van der Waals surface area contributed by atoms with Gasteiger partial charge in [0.15, 0.2) is 0 Å². The topological polar surface area (TPSA) is 9.23 Å². The van der Waals surface area contributed by atoms with Gasteiger partial charge in [-0.2, -0.15) is 0 Å². The maximum atomic E-state index is 5.57. The van der Waals surface area contributed by atoms with Gasteiger partial charge in [-0.1, -0.05) is 46.5 Å². The largest absolute Gasteiger partial charge is 0.501 e. The highest BCUT2D eigenvalue weighted by molar-refractivity contribution is 4.96. The molecule has 0 aliphatic carbocycles. The van der Waals surface area contributed by atoms with E-state index in [0.29, 0.717) is 0 Å². The van der Waals surface area contributed by atoms with Crippen molar-refractivity contribution < 1.29 is 4.74 Å². The molecule has 0 fully saturated rings. The molecule has 0 unspecified atom stereocenters. The Morgan fingerprint density at radius 1 is 0.933 bits per heavy atom. The van der Waals surface area contributed by atoms with Crippen molar-refractivity contribution >= 4 is 0 Å². The van der Waals surface area contributed by atoms with Crippen LogP contribution in [0.1, 0.15) is 72.1 Å². The van der Waals surface area contributed by atoms with Crippen LogP contribution in [-0.4, -0.2) is 6.61 Å². The van der Waals surface area contributed by atoms with E-state index in [1.54, 1.807) is 0 Å². The first-order valence-electron chi connectivity index (χ1n) is 6.64. The van der Waals surface area contributed by atoms with E-state index in [-0.39, 0.29) is 0 Å². The van der Waals surface area contributed by atoms with E-state index >= 15 is 0 Å². The van der Waals surface area contributed by atoms with Crippen molar-refractivity contribution in [2.45, 2.75) is 72.1 Å². The highest BCUT2D eigenvalue weighted by Crippen LogP contribution is 2.11. The molecule has 15 heavy (non-hydrogen) atoms. The molecule has 0 spiro atoms. The number of allylic oxidation sites excluding steroid dienone is 1. The summed E-state index contributed by atoms with van der Waals surface area (Å²) in [7, 11) is 0. The lowest BCUT2D eigenvalue weighted by atomic mass is 10.1. The standard InChI is InChI=1S/C14H28O/c1-4-7-9-10-12-15-13-14(6-3)11-8-5-2/h13H,4-12H2,1-3H3/b14-13+. The Bertz CT molecular complexity index is 149. The van der Waals surface area contributed by atoms with E-state index in [1.807, 2.05) is 6.26 Å². The van der Waals surface area contributed by atoms with E-state index in [1.165, 1.54) is 50.5 Å². The van der Waals surface area contributed by atoms with Gasteiger partial charge in [-0.25, -0.2) is 0 Å². The van der Waals surface area contributed by atoms with E-state index in [9.17, 15) is 0 Å². The number of hydrogen-bond acceptors (Lipinski definition) is 1. The molecule has 0 aromatic rings. The van der Waals surface area contributed by atoms with Gasteiger partial charge in [0.2, 0.25) is 0 Å². The minimum absolute atomic E-state index is 0.898. The van der Waals surface area contributed by atoms with Crippen LogP contribution in [0.4, 0.5) is 0 Å². The van der Waals surface area contributed by atoms with Gasteiger partial charge in [0, 0.05) is 0 Å². The fourth-order valence-corrected chi connectivity index (χ4v) is 1.51. The summed E-state index contributed by atoms with van der Waals surface area (Å²) in [5, 5.41) is 0. The Labute approximate surface area is 95.9 Å². The SMILES string of the molecule is CCCCCCO/C=C(\CC)CCCC. The minimum atomic E-state index is 0.898. The van der Waals surface area contributed by atoms with Crippen molar-refractivity contribution in [2.75, 3.05) is 6.61 Å². The van der Waals surface area contributed by atoms with Crippen LogP contribution in [-0.2, 0) is 4.74 Å². The molecular formula is C14H28O. The Kier molecular flexibility index (Phi) is 11.3. The second kappa shape index (κ2) is 11.6. The zero-order valence-corrected chi connectivity index (χ0v) is 10.8. The van der Waals surface area contributed by atoms with Crippen molar-refractivity contribution in [3.63, 3.8) is 0 Å². The Morgan fingerprint density at radius 3 is 2.27 bits per heavy atom. The molecule has 0 aromatic heterocycles. The lowest BCUT2D eigenvalue weighted by Gasteiger charge is -2.05. The maximum Gasteiger partial charge on any atom is 0.0873 e. The number of ether oxygens (including phenoxy) is 1. The molecule has 0 atom stereocenters. The molecule has 0 rings (SSSR count). The summed E-state index contributed by atoms with van der Waals surface area (Å²) in [4.78, 5) is 0. The van der Waals surface area contributed by atoms with Gasteiger partial charge < -0.3 is 4.74 Å². The molecule has 90 valence electrons. The summed E-state index contributed by atoms with van der Waals surface area (Å²) in [6, 6.07) is 0. The first-order chi connectivity index (χ1) is 7.35. The molecule has 0 saturated heterocycles. The normalized spacial score (nSPS) is 11.8. The van der Waals surface area contributed by atoms with Crippen molar-refractivity contribution in [3.8, 4) is 0 Å². The smallest absolute Gasteiger partial charge is 0.0873 e. The van der Waals surface area contributed by atoms with E-state index in [4.69, 9.17) is 4.74 Å². The Balaban J connectivity index is 3.44. The fraction of sp³-hybridized carbons (Fsp3) is 0.857. The summed E-state index contributed by atoms with van der Waals surface area (Å²) < 4.78 is 5.57. The lowest BCUT2D eigenvalue weighted by Crippen LogP contribution is -1.90. The van der Waals surface area contributed by atoms with Crippen LogP contribution in [0.25, 0.3) is 0 Å². The molecule has 0 heterocycles. The zero-order valence-electron chi connectivity index (χ0n) is 10.8. The third-order valence-electron chi connectivity index (χ3n) is 2.67. The molecular weight excluding hydrogens is 184 g/mol. The number of hydrogen-bond donors (Lipinski definition) is 0. The van der Waals surface area contributed by atoms with Gasteiger partial charge in [-0.3, -0.25) is 0 Å². The Hall–Kier alpha value is -0.460. The van der Waals surface area contributed by atoms with E-state index in [2.05, 4.69) is 20.8 Å². The quantitative estimate of drug-likeness (QED) is 0.363.